The lowest BCUT2D eigenvalue weighted by molar-refractivity contribution is 0.102. The van der Waals surface area contributed by atoms with E-state index in [2.05, 4.69) is 31.3 Å². The van der Waals surface area contributed by atoms with E-state index in [1.807, 2.05) is 24.3 Å². The van der Waals surface area contributed by atoms with Crippen LogP contribution in [0.1, 0.15) is 48.0 Å². The number of benzene rings is 1. The zero-order valence-electron chi connectivity index (χ0n) is 12.4. The van der Waals surface area contributed by atoms with E-state index >= 15 is 0 Å². The van der Waals surface area contributed by atoms with Gasteiger partial charge < -0.3 is 5.32 Å². The van der Waals surface area contributed by atoms with Crippen LogP contribution in [0.4, 0.5) is 5.95 Å². The average Bonchev–Trinajstić information content (AvgIpc) is 3.07. The summed E-state index contributed by atoms with van der Waals surface area (Å²) in [6.07, 6.45) is 6.55. The third-order valence-electron chi connectivity index (χ3n) is 3.99. The minimum Gasteiger partial charge on any atom is -0.310 e. The minimum absolute atomic E-state index is 0.174. The highest BCUT2D eigenvalue weighted by atomic mass is 16.1. The molecule has 0 saturated heterocycles. The molecule has 0 radical (unpaired) electrons. The summed E-state index contributed by atoms with van der Waals surface area (Å²) in [5, 5.41) is 19.2. The molecule has 0 bridgehead atoms. The first-order valence-corrected chi connectivity index (χ1v) is 7.68. The van der Waals surface area contributed by atoms with Crippen molar-refractivity contribution in [2.24, 2.45) is 0 Å². The Balaban J connectivity index is 1.52. The molecule has 1 aromatic heterocycles. The van der Waals surface area contributed by atoms with Gasteiger partial charge in [-0.25, -0.2) is 0 Å². The van der Waals surface area contributed by atoms with Crippen LogP contribution in [-0.4, -0.2) is 32.6 Å². The maximum atomic E-state index is 12.0. The number of aromatic amines is 1. The molecule has 3 rings (SSSR count). The number of aromatic nitrogens is 4. The third-order valence-corrected chi connectivity index (χ3v) is 3.99. The molecule has 0 spiro atoms. The second-order valence-corrected chi connectivity index (χ2v) is 5.60. The lowest BCUT2D eigenvalue weighted by Crippen LogP contribution is -2.30. The molecule has 1 heterocycles. The molecule has 0 unspecified atom stereocenters. The molecule has 1 amide bonds. The van der Waals surface area contributed by atoms with Crippen molar-refractivity contribution in [2.75, 3.05) is 5.32 Å². The van der Waals surface area contributed by atoms with Crippen molar-refractivity contribution in [2.45, 2.75) is 44.7 Å². The fraction of sp³-hybridized carbons (Fsp3) is 0.467. The van der Waals surface area contributed by atoms with Crippen LogP contribution in [0.2, 0.25) is 0 Å². The third kappa shape index (κ3) is 3.88. The van der Waals surface area contributed by atoms with Gasteiger partial charge in [-0.2, -0.15) is 5.21 Å². The molecule has 7 nitrogen and oxygen atoms in total. The predicted octanol–water partition coefficient (Wildman–Crippen LogP) is 1.87. The zero-order chi connectivity index (χ0) is 15.2. The Bertz CT molecular complexity index is 589. The Kier molecular flexibility index (Phi) is 4.75. The Hall–Kier alpha value is -2.28. The van der Waals surface area contributed by atoms with Crippen molar-refractivity contribution in [3.63, 3.8) is 0 Å². The Labute approximate surface area is 128 Å². The lowest BCUT2D eigenvalue weighted by atomic mass is 9.95. The predicted molar refractivity (Wildman–Crippen MR) is 82.3 cm³/mol. The van der Waals surface area contributed by atoms with E-state index in [4.69, 9.17) is 0 Å². The van der Waals surface area contributed by atoms with Crippen LogP contribution in [0.3, 0.4) is 0 Å². The second-order valence-electron chi connectivity index (χ2n) is 5.60. The number of H-pyrrole nitrogens is 1. The number of nitrogens with zero attached hydrogens (tertiary/aromatic N) is 3. The highest BCUT2D eigenvalue weighted by molar-refractivity contribution is 6.03. The molecule has 0 atom stereocenters. The summed E-state index contributed by atoms with van der Waals surface area (Å²) in [6.45, 7) is 0.845. The van der Waals surface area contributed by atoms with Crippen molar-refractivity contribution >= 4 is 11.9 Å². The maximum absolute atomic E-state index is 12.0. The van der Waals surface area contributed by atoms with E-state index < -0.39 is 0 Å². The van der Waals surface area contributed by atoms with E-state index in [1.54, 1.807) is 0 Å². The van der Waals surface area contributed by atoms with Crippen LogP contribution >= 0.6 is 0 Å². The number of hydrogen-bond acceptors (Lipinski definition) is 5. The van der Waals surface area contributed by atoms with Crippen molar-refractivity contribution < 1.29 is 4.79 Å². The second kappa shape index (κ2) is 7.13. The molecule has 2 aromatic rings. The summed E-state index contributed by atoms with van der Waals surface area (Å²) >= 11 is 0. The maximum Gasteiger partial charge on any atom is 0.270 e. The van der Waals surface area contributed by atoms with Gasteiger partial charge in [-0.3, -0.25) is 10.1 Å². The fourth-order valence-electron chi connectivity index (χ4n) is 2.73. The van der Waals surface area contributed by atoms with Crippen molar-refractivity contribution in [1.82, 2.24) is 25.9 Å². The first-order valence-electron chi connectivity index (χ1n) is 7.68. The average molecular weight is 300 g/mol. The largest absolute Gasteiger partial charge is 0.310 e. The van der Waals surface area contributed by atoms with Crippen LogP contribution in [0.5, 0.6) is 0 Å². The van der Waals surface area contributed by atoms with Gasteiger partial charge in [0, 0.05) is 18.2 Å². The molecule has 1 saturated carbocycles. The number of carbonyl (C=O) groups is 1. The number of carbonyl (C=O) groups excluding carboxylic acids is 1. The Morgan fingerprint density at radius 2 is 1.95 bits per heavy atom. The van der Waals surface area contributed by atoms with Crippen LogP contribution in [0.25, 0.3) is 0 Å². The molecular formula is C15H20N6O. The highest BCUT2D eigenvalue weighted by Crippen LogP contribution is 2.18. The highest BCUT2D eigenvalue weighted by Gasteiger charge is 2.12. The van der Waals surface area contributed by atoms with Gasteiger partial charge in [-0.1, -0.05) is 36.5 Å². The van der Waals surface area contributed by atoms with E-state index in [-0.39, 0.29) is 11.9 Å². The number of amides is 1. The molecule has 1 fully saturated rings. The van der Waals surface area contributed by atoms with Crippen LogP contribution in [0.15, 0.2) is 24.3 Å². The molecule has 22 heavy (non-hydrogen) atoms. The van der Waals surface area contributed by atoms with Gasteiger partial charge in [0.1, 0.15) is 0 Å². The molecule has 1 aliphatic rings. The molecule has 1 aliphatic carbocycles. The first kappa shape index (κ1) is 14.6. The van der Waals surface area contributed by atoms with E-state index in [9.17, 15) is 4.79 Å². The lowest BCUT2D eigenvalue weighted by Gasteiger charge is -2.22. The van der Waals surface area contributed by atoms with Gasteiger partial charge in [0.05, 0.1) is 0 Å². The zero-order valence-corrected chi connectivity index (χ0v) is 12.4. The normalized spacial score (nSPS) is 15.6. The summed E-state index contributed by atoms with van der Waals surface area (Å²) in [6, 6.07) is 8.21. The van der Waals surface area contributed by atoms with Crippen molar-refractivity contribution in [3.8, 4) is 0 Å². The molecular weight excluding hydrogens is 280 g/mol. The van der Waals surface area contributed by atoms with Gasteiger partial charge >= 0.3 is 0 Å². The summed E-state index contributed by atoms with van der Waals surface area (Å²) < 4.78 is 0. The number of anilines is 1. The number of rotatable bonds is 5. The topological polar surface area (TPSA) is 95.6 Å². The van der Waals surface area contributed by atoms with Crippen LogP contribution < -0.4 is 10.6 Å². The van der Waals surface area contributed by atoms with Crippen molar-refractivity contribution in [3.05, 3.63) is 35.4 Å². The smallest absolute Gasteiger partial charge is 0.270 e. The molecule has 7 heteroatoms. The molecule has 3 N–H and O–H groups in total. The van der Waals surface area contributed by atoms with Gasteiger partial charge in [-0.15, -0.1) is 5.10 Å². The summed E-state index contributed by atoms with van der Waals surface area (Å²) in [4.78, 5) is 12.0. The Morgan fingerprint density at radius 3 is 2.64 bits per heavy atom. The first-order chi connectivity index (χ1) is 10.8. The molecule has 0 aliphatic heterocycles. The monoisotopic (exact) mass is 300 g/mol. The Morgan fingerprint density at radius 1 is 1.18 bits per heavy atom. The van der Waals surface area contributed by atoms with E-state index in [0.717, 1.165) is 6.54 Å². The van der Waals surface area contributed by atoms with Crippen LogP contribution in [0, 0.1) is 0 Å². The number of hydrogen-bond donors (Lipinski definition) is 3. The summed E-state index contributed by atoms with van der Waals surface area (Å²) in [5.74, 6) is -0.0683. The van der Waals surface area contributed by atoms with Crippen molar-refractivity contribution in [1.29, 1.82) is 0 Å². The van der Waals surface area contributed by atoms with E-state index in [1.165, 1.54) is 37.7 Å². The summed E-state index contributed by atoms with van der Waals surface area (Å²) in [5.41, 5.74) is 1.76. The minimum atomic E-state index is -0.242. The SMILES string of the molecule is O=C(Nc1nn[nH]n1)c1ccc(CNC2CCCCC2)cc1. The van der Waals surface area contributed by atoms with Gasteiger partial charge in [-0.05, 0) is 35.8 Å². The standard InChI is InChI=1S/C15H20N6O/c22-14(17-15-18-20-21-19-15)12-8-6-11(7-9-12)10-16-13-4-2-1-3-5-13/h6-9,13,16H,1-5,10H2,(H2,17,18,19,20,21,22). The quantitative estimate of drug-likeness (QED) is 0.783. The molecule has 116 valence electrons. The molecule has 1 aromatic carbocycles. The van der Waals surface area contributed by atoms with Gasteiger partial charge in [0.25, 0.3) is 11.9 Å². The number of nitrogens with one attached hydrogen (secondary N) is 3. The van der Waals surface area contributed by atoms with Crippen LogP contribution in [-0.2, 0) is 6.54 Å². The summed E-state index contributed by atoms with van der Waals surface area (Å²) in [7, 11) is 0. The van der Waals surface area contributed by atoms with Gasteiger partial charge in [0.2, 0.25) is 0 Å². The van der Waals surface area contributed by atoms with E-state index in [0.29, 0.717) is 11.6 Å². The fourth-order valence-corrected chi connectivity index (χ4v) is 2.73. The number of tetrazole rings is 1. The van der Waals surface area contributed by atoms with Gasteiger partial charge in [0.15, 0.2) is 0 Å².